The van der Waals surface area contributed by atoms with Crippen LogP contribution in [0.1, 0.15) is 47.6 Å². The van der Waals surface area contributed by atoms with Crippen molar-refractivity contribution < 1.29 is 9.52 Å². The molecule has 1 N–H and O–H groups in total. The van der Waals surface area contributed by atoms with Gasteiger partial charge in [-0.1, -0.05) is 67.6 Å². The number of rotatable bonds is 5. The van der Waals surface area contributed by atoms with Crippen LogP contribution < -0.4 is 5.63 Å². The molecular weight excluding hydrogens is 312 g/mol. The molecule has 0 amide bonds. The Morgan fingerprint density at radius 1 is 0.960 bits per heavy atom. The van der Waals surface area contributed by atoms with Gasteiger partial charge in [0.25, 0.3) is 0 Å². The normalized spacial score (nSPS) is 12.3. The van der Waals surface area contributed by atoms with Crippen LogP contribution in [0.4, 0.5) is 0 Å². The molecule has 0 fully saturated rings. The van der Waals surface area contributed by atoms with E-state index in [1.807, 2.05) is 43.3 Å². The molecule has 0 aliphatic rings. The van der Waals surface area contributed by atoms with Crippen LogP contribution in [0.15, 0.2) is 75.9 Å². The van der Waals surface area contributed by atoms with Crippen LogP contribution in [-0.2, 0) is 0 Å². The molecule has 1 heterocycles. The number of hydrogen-bond acceptors (Lipinski definition) is 3. The summed E-state index contributed by atoms with van der Waals surface area (Å²) >= 11 is 0. The first-order chi connectivity index (χ1) is 12.1. The van der Waals surface area contributed by atoms with E-state index in [2.05, 4.69) is 24.3 Å². The van der Waals surface area contributed by atoms with Gasteiger partial charge in [0, 0.05) is 17.9 Å². The van der Waals surface area contributed by atoms with Gasteiger partial charge in [-0.3, -0.25) is 0 Å². The van der Waals surface area contributed by atoms with Crippen LogP contribution in [0, 0.1) is 6.92 Å². The Morgan fingerprint density at radius 3 is 1.92 bits per heavy atom. The van der Waals surface area contributed by atoms with Crippen molar-refractivity contribution in [1.29, 1.82) is 0 Å². The molecule has 25 heavy (non-hydrogen) atoms. The molecule has 1 atom stereocenters. The van der Waals surface area contributed by atoms with Crippen LogP contribution in [0.25, 0.3) is 0 Å². The Kier molecular flexibility index (Phi) is 5.03. The lowest BCUT2D eigenvalue weighted by atomic mass is 9.76. The Bertz CT molecular complexity index is 843. The zero-order valence-electron chi connectivity index (χ0n) is 14.5. The highest BCUT2D eigenvalue weighted by Gasteiger charge is 2.30. The van der Waals surface area contributed by atoms with Gasteiger partial charge in [0.2, 0.25) is 0 Å². The van der Waals surface area contributed by atoms with Gasteiger partial charge < -0.3 is 9.52 Å². The van der Waals surface area contributed by atoms with Crippen molar-refractivity contribution in [3.8, 4) is 5.75 Å². The number of hydrogen-bond donors (Lipinski definition) is 1. The maximum Gasteiger partial charge on any atom is 0.343 e. The predicted octanol–water partition coefficient (Wildman–Crippen LogP) is 4.98. The fourth-order valence-electron chi connectivity index (χ4n) is 3.53. The van der Waals surface area contributed by atoms with Gasteiger partial charge in [-0.2, -0.15) is 0 Å². The summed E-state index contributed by atoms with van der Waals surface area (Å²) in [6.45, 7) is 3.69. The lowest BCUT2D eigenvalue weighted by molar-refractivity contribution is 0.404. The van der Waals surface area contributed by atoms with E-state index in [1.54, 1.807) is 6.92 Å². The highest BCUT2D eigenvalue weighted by atomic mass is 16.4. The summed E-state index contributed by atoms with van der Waals surface area (Å²) in [5, 5.41) is 10.5. The second-order valence-corrected chi connectivity index (χ2v) is 6.26. The first-order valence-electron chi connectivity index (χ1n) is 8.55. The summed E-state index contributed by atoms with van der Waals surface area (Å²) in [7, 11) is 0. The van der Waals surface area contributed by atoms with E-state index >= 15 is 0 Å². The molecule has 1 aromatic heterocycles. The van der Waals surface area contributed by atoms with Crippen LogP contribution in [0.3, 0.4) is 0 Å². The highest BCUT2D eigenvalue weighted by Crippen LogP contribution is 2.42. The third kappa shape index (κ3) is 3.50. The summed E-state index contributed by atoms with van der Waals surface area (Å²) in [6, 6.07) is 21.7. The van der Waals surface area contributed by atoms with Crippen LogP contribution >= 0.6 is 0 Å². The van der Waals surface area contributed by atoms with Crippen LogP contribution in [0.5, 0.6) is 5.75 Å². The molecule has 3 aromatic rings. The Morgan fingerprint density at radius 2 is 1.48 bits per heavy atom. The van der Waals surface area contributed by atoms with E-state index in [9.17, 15) is 9.90 Å². The summed E-state index contributed by atoms with van der Waals surface area (Å²) in [4.78, 5) is 12.5. The Labute approximate surface area is 147 Å². The second kappa shape index (κ2) is 7.39. The third-order valence-electron chi connectivity index (χ3n) is 4.62. The van der Waals surface area contributed by atoms with Gasteiger partial charge in [0.05, 0.1) is 5.56 Å². The minimum absolute atomic E-state index is 0.0115. The number of aryl methyl sites for hydroxylation is 1. The smallest absolute Gasteiger partial charge is 0.343 e. The number of aromatic hydroxyl groups is 1. The van der Waals surface area contributed by atoms with Gasteiger partial charge >= 0.3 is 5.63 Å². The molecule has 1 unspecified atom stereocenters. The van der Waals surface area contributed by atoms with Crippen molar-refractivity contribution in [1.82, 2.24) is 0 Å². The van der Waals surface area contributed by atoms with E-state index in [-0.39, 0.29) is 17.6 Å². The van der Waals surface area contributed by atoms with Gasteiger partial charge in [-0.15, -0.1) is 0 Å². The monoisotopic (exact) mass is 334 g/mol. The van der Waals surface area contributed by atoms with E-state index in [1.165, 1.54) is 6.07 Å². The Balaban J connectivity index is 2.20. The quantitative estimate of drug-likeness (QED) is 0.716. The zero-order valence-corrected chi connectivity index (χ0v) is 14.5. The van der Waals surface area contributed by atoms with E-state index < -0.39 is 5.63 Å². The third-order valence-corrected chi connectivity index (χ3v) is 4.62. The first kappa shape index (κ1) is 17.0. The molecule has 0 radical (unpaired) electrons. The maximum absolute atomic E-state index is 12.5. The lowest BCUT2D eigenvalue weighted by Crippen LogP contribution is -2.20. The van der Waals surface area contributed by atoms with Gasteiger partial charge in [-0.25, -0.2) is 4.79 Å². The van der Waals surface area contributed by atoms with Crippen LogP contribution in [0.2, 0.25) is 0 Å². The largest absolute Gasteiger partial charge is 0.507 e. The minimum atomic E-state index is -0.457. The topological polar surface area (TPSA) is 50.4 Å². The summed E-state index contributed by atoms with van der Waals surface area (Å²) in [5.74, 6) is 0.208. The molecule has 128 valence electrons. The average Bonchev–Trinajstić information content (AvgIpc) is 2.61. The molecule has 0 saturated heterocycles. The molecule has 0 saturated carbocycles. The summed E-state index contributed by atoms with van der Waals surface area (Å²) in [5.41, 5.74) is 2.12. The molecule has 0 aliphatic heterocycles. The van der Waals surface area contributed by atoms with Crippen molar-refractivity contribution in [3.63, 3.8) is 0 Å². The molecule has 0 aliphatic carbocycles. The summed E-state index contributed by atoms with van der Waals surface area (Å²) in [6.07, 6.45) is 0.704. The van der Waals surface area contributed by atoms with Crippen molar-refractivity contribution >= 4 is 0 Å². The molecule has 0 bridgehead atoms. The molecule has 3 heteroatoms. The lowest BCUT2D eigenvalue weighted by Gasteiger charge is -2.27. The summed E-state index contributed by atoms with van der Waals surface area (Å²) < 4.78 is 5.28. The molecule has 3 rings (SSSR count). The van der Waals surface area contributed by atoms with Crippen molar-refractivity contribution in [2.45, 2.75) is 32.1 Å². The second-order valence-electron chi connectivity index (χ2n) is 6.26. The molecule has 3 nitrogen and oxygen atoms in total. The average molecular weight is 334 g/mol. The van der Waals surface area contributed by atoms with Crippen molar-refractivity contribution in [2.75, 3.05) is 0 Å². The highest BCUT2D eigenvalue weighted by molar-refractivity contribution is 5.41. The zero-order chi connectivity index (χ0) is 17.8. The SMILES string of the molecule is CCC(c1c(O)cc(C)oc1=O)C(c1ccccc1)c1ccccc1. The predicted molar refractivity (Wildman–Crippen MR) is 99.1 cm³/mol. The fourth-order valence-corrected chi connectivity index (χ4v) is 3.53. The molecular formula is C22H22O3. The first-order valence-corrected chi connectivity index (χ1v) is 8.55. The molecule has 2 aromatic carbocycles. The van der Waals surface area contributed by atoms with Crippen LogP contribution in [-0.4, -0.2) is 5.11 Å². The standard InChI is InChI=1S/C22H22O3/c1-3-18(21-19(23)14-15(2)25-22(21)24)20(16-10-6-4-7-11-16)17-12-8-5-9-13-17/h4-14,18,20,23H,3H2,1-2H3. The molecule has 0 spiro atoms. The van der Waals surface area contributed by atoms with Gasteiger partial charge in [0.1, 0.15) is 11.5 Å². The maximum atomic E-state index is 12.5. The van der Waals surface area contributed by atoms with E-state index in [0.717, 1.165) is 11.1 Å². The fraction of sp³-hybridized carbons (Fsp3) is 0.227. The van der Waals surface area contributed by atoms with Gasteiger partial charge in [-0.05, 0) is 24.5 Å². The number of benzene rings is 2. The van der Waals surface area contributed by atoms with Crippen molar-refractivity contribution in [3.05, 3.63) is 99.6 Å². The van der Waals surface area contributed by atoms with Crippen molar-refractivity contribution in [2.24, 2.45) is 0 Å². The van der Waals surface area contributed by atoms with E-state index in [4.69, 9.17) is 4.42 Å². The Hall–Kier alpha value is -2.81. The van der Waals surface area contributed by atoms with E-state index in [0.29, 0.717) is 17.7 Å². The minimum Gasteiger partial charge on any atom is -0.507 e. The van der Waals surface area contributed by atoms with Gasteiger partial charge in [0.15, 0.2) is 0 Å².